The first-order valence-corrected chi connectivity index (χ1v) is 7.96. The molecule has 1 fully saturated rings. The molecule has 3 unspecified atom stereocenters. The third kappa shape index (κ3) is 2.20. The molecule has 21 heavy (non-hydrogen) atoms. The van der Waals surface area contributed by atoms with E-state index >= 15 is 0 Å². The number of aryl methyl sites for hydroxylation is 1. The van der Waals surface area contributed by atoms with Gasteiger partial charge in [0.1, 0.15) is 0 Å². The van der Waals surface area contributed by atoms with Crippen LogP contribution in [-0.2, 0) is 0 Å². The lowest BCUT2D eigenvalue weighted by atomic mass is 9.90. The summed E-state index contributed by atoms with van der Waals surface area (Å²) in [7, 11) is 0. The van der Waals surface area contributed by atoms with Crippen LogP contribution in [0.1, 0.15) is 41.6 Å². The molecule has 0 aliphatic carbocycles. The summed E-state index contributed by atoms with van der Waals surface area (Å²) in [6.07, 6.45) is 4.50. The Bertz CT molecular complexity index is 600. The molecular weight excluding hydrogens is 256 g/mol. The molecule has 2 nitrogen and oxygen atoms in total. The van der Waals surface area contributed by atoms with E-state index in [0.29, 0.717) is 12.1 Å². The van der Waals surface area contributed by atoms with E-state index in [9.17, 15) is 0 Å². The molecule has 0 aromatic heterocycles. The lowest BCUT2D eigenvalue weighted by Gasteiger charge is -2.43. The molecule has 2 heterocycles. The predicted octanol–water partition coefficient (Wildman–Crippen LogP) is 4.20. The Labute approximate surface area is 130 Å². The Hall–Kier alpha value is -1.28. The maximum atomic E-state index is 8.73. The zero-order valence-electron chi connectivity index (χ0n) is 15.1. The zero-order valence-corrected chi connectivity index (χ0v) is 14.1. The van der Waals surface area contributed by atoms with Gasteiger partial charge in [0.05, 0.1) is 13.6 Å². The number of fused-ring (bicyclic) bond motifs is 1. The molecule has 0 spiro atoms. The average Bonchev–Trinajstić information content (AvgIpc) is 2.87. The highest BCUT2D eigenvalue weighted by Crippen LogP contribution is 2.44. The second-order valence-corrected chi connectivity index (χ2v) is 7.57. The van der Waals surface area contributed by atoms with Crippen LogP contribution >= 0.6 is 0 Å². The van der Waals surface area contributed by atoms with Gasteiger partial charge < -0.3 is 4.90 Å². The maximum absolute atomic E-state index is 8.73. The fourth-order valence-electron chi connectivity index (χ4n) is 3.96. The van der Waals surface area contributed by atoms with Gasteiger partial charge in [-0.25, -0.2) is 0 Å². The minimum absolute atomic E-state index is 0.0691. The highest BCUT2D eigenvalue weighted by atomic mass is 15.5. The van der Waals surface area contributed by atoms with Gasteiger partial charge in [0.2, 0.25) is 0 Å². The van der Waals surface area contributed by atoms with Gasteiger partial charge in [-0.2, -0.15) is 0 Å². The fourth-order valence-corrected chi connectivity index (χ4v) is 3.96. The quantitative estimate of drug-likeness (QED) is 0.713. The number of nitrogens with zero attached hydrogens (tertiary/aromatic N) is 2. The fraction of sp³-hybridized carbons (Fsp3) is 0.579. The number of hydrogen-bond acceptors (Lipinski definition) is 2. The molecule has 2 heteroatoms. The summed E-state index contributed by atoms with van der Waals surface area (Å²) in [5, 5.41) is 0. The summed E-state index contributed by atoms with van der Waals surface area (Å²) in [4.78, 5) is 4.92. The van der Waals surface area contributed by atoms with Crippen molar-refractivity contribution in [1.29, 1.82) is 0 Å². The van der Waals surface area contributed by atoms with Crippen molar-refractivity contribution in [3.8, 4) is 0 Å². The van der Waals surface area contributed by atoms with Crippen LogP contribution in [0.15, 0.2) is 36.4 Å². The average molecular weight is 285 g/mol. The maximum Gasteiger partial charge on any atom is 0.0883 e. The molecule has 114 valence electrons. The predicted molar refractivity (Wildman–Crippen MR) is 90.6 cm³/mol. The van der Waals surface area contributed by atoms with Crippen LogP contribution in [-0.4, -0.2) is 29.2 Å². The van der Waals surface area contributed by atoms with Gasteiger partial charge in [-0.15, -0.1) is 0 Å². The van der Waals surface area contributed by atoms with Gasteiger partial charge in [-0.1, -0.05) is 51.1 Å². The van der Waals surface area contributed by atoms with Crippen LogP contribution in [0.3, 0.4) is 0 Å². The molecule has 0 radical (unpaired) electrons. The van der Waals surface area contributed by atoms with Crippen LogP contribution in [0.4, 0.5) is 5.69 Å². The van der Waals surface area contributed by atoms with Crippen molar-refractivity contribution in [2.75, 3.05) is 4.90 Å². The Morgan fingerprint density at radius 3 is 2.38 bits per heavy atom. The summed E-state index contributed by atoms with van der Waals surface area (Å²) in [6.45, 7) is 13.3. The van der Waals surface area contributed by atoms with Crippen LogP contribution < -0.4 is 4.90 Å². The van der Waals surface area contributed by atoms with Crippen molar-refractivity contribution in [3.63, 3.8) is 0 Å². The van der Waals surface area contributed by atoms with E-state index in [-0.39, 0.29) is 11.6 Å². The number of para-hydroxylation sites is 1. The second-order valence-electron chi connectivity index (χ2n) is 7.57. The van der Waals surface area contributed by atoms with E-state index in [1.54, 1.807) is 0 Å². The Kier molecular flexibility index (Phi) is 3.11. The molecular formula is C19H28N2. The van der Waals surface area contributed by atoms with Crippen LogP contribution in [0.5, 0.6) is 0 Å². The smallest absolute Gasteiger partial charge is 0.0883 e. The SMILES string of the molecule is [2H]C1(C)C=CC2[C@H](C)N(c3ccccc3C)C(C(C)(C)C)N21. The summed E-state index contributed by atoms with van der Waals surface area (Å²) >= 11 is 0. The van der Waals surface area contributed by atoms with Crippen molar-refractivity contribution in [1.82, 2.24) is 4.90 Å². The summed E-state index contributed by atoms with van der Waals surface area (Å²) in [5.41, 5.74) is 2.67. The summed E-state index contributed by atoms with van der Waals surface area (Å²) in [6, 6.07) is 8.67. The molecule has 1 aromatic rings. The van der Waals surface area contributed by atoms with E-state index < -0.39 is 6.02 Å². The molecule has 0 amide bonds. The van der Waals surface area contributed by atoms with E-state index in [0.717, 1.165) is 0 Å². The molecule has 1 aromatic carbocycles. The Morgan fingerprint density at radius 1 is 1.10 bits per heavy atom. The number of rotatable bonds is 1. The molecule has 0 bridgehead atoms. The minimum atomic E-state index is -0.631. The highest BCUT2D eigenvalue weighted by Gasteiger charge is 2.51. The number of benzene rings is 1. The van der Waals surface area contributed by atoms with Crippen LogP contribution in [0, 0.1) is 12.3 Å². The van der Waals surface area contributed by atoms with Gasteiger partial charge in [-0.3, -0.25) is 4.90 Å². The van der Waals surface area contributed by atoms with E-state index in [4.69, 9.17) is 1.37 Å². The van der Waals surface area contributed by atoms with Crippen molar-refractivity contribution < 1.29 is 1.37 Å². The van der Waals surface area contributed by atoms with Gasteiger partial charge >= 0.3 is 0 Å². The first kappa shape index (κ1) is 13.4. The third-order valence-corrected chi connectivity index (χ3v) is 4.89. The molecule has 0 N–H and O–H groups in total. The van der Waals surface area contributed by atoms with Gasteiger partial charge in [0.25, 0.3) is 0 Å². The molecule has 0 saturated carbocycles. The van der Waals surface area contributed by atoms with Crippen molar-refractivity contribution in [3.05, 3.63) is 42.0 Å². The molecule has 4 atom stereocenters. The van der Waals surface area contributed by atoms with Gasteiger partial charge in [0, 0.05) is 17.7 Å². The topological polar surface area (TPSA) is 6.48 Å². The van der Waals surface area contributed by atoms with Crippen molar-refractivity contribution >= 4 is 5.69 Å². The van der Waals surface area contributed by atoms with Crippen LogP contribution in [0.2, 0.25) is 0 Å². The molecule has 1 saturated heterocycles. The first-order chi connectivity index (χ1) is 10.1. The van der Waals surface area contributed by atoms with Gasteiger partial charge in [0.15, 0.2) is 0 Å². The largest absolute Gasteiger partial charge is 0.350 e. The molecule has 2 aliphatic heterocycles. The second kappa shape index (κ2) is 4.88. The minimum Gasteiger partial charge on any atom is -0.350 e. The summed E-state index contributed by atoms with van der Waals surface area (Å²) in [5.74, 6) is 0. The third-order valence-electron chi connectivity index (χ3n) is 4.89. The number of hydrogen-bond donors (Lipinski definition) is 0. The van der Waals surface area contributed by atoms with E-state index in [2.05, 4.69) is 80.8 Å². The van der Waals surface area contributed by atoms with E-state index in [1.807, 2.05) is 6.92 Å². The Morgan fingerprint density at radius 2 is 1.76 bits per heavy atom. The summed E-state index contributed by atoms with van der Waals surface area (Å²) < 4.78 is 8.73. The lowest BCUT2D eigenvalue weighted by Crippen LogP contribution is -2.51. The first-order valence-electron chi connectivity index (χ1n) is 8.46. The standard InChI is InChI=1S/C19H28N2/c1-13-9-7-8-10-16(13)21-15(3)17-12-11-14(2)20(17)18(21)19(4,5)6/h7-12,14-15,17-18H,1-6H3/t14?,15-,17?,18?/m0/s1/i14D. The van der Waals surface area contributed by atoms with Crippen LogP contribution in [0.25, 0.3) is 0 Å². The molecule has 3 rings (SSSR count). The molecule has 2 aliphatic rings. The highest BCUT2D eigenvalue weighted by molar-refractivity contribution is 5.57. The van der Waals surface area contributed by atoms with Gasteiger partial charge in [-0.05, 0) is 37.8 Å². The zero-order chi connectivity index (χ0) is 16.3. The Balaban J connectivity index is 2.13. The lowest BCUT2D eigenvalue weighted by molar-refractivity contribution is 0.113. The monoisotopic (exact) mass is 285 g/mol. The normalized spacial score (nSPS) is 37.0. The number of anilines is 1. The van der Waals surface area contributed by atoms with Crippen molar-refractivity contribution in [2.24, 2.45) is 5.41 Å². The van der Waals surface area contributed by atoms with Crippen molar-refractivity contribution in [2.45, 2.75) is 65.8 Å². The van der Waals surface area contributed by atoms with E-state index in [1.165, 1.54) is 11.3 Å².